The van der Waals surface area contributed by atoms with Gasteiger partial charge in [-0.3, -0.25) is 4.79 Å². The Balaban J connectivity index is 1.30. The molecule has 5 unspecified atom stereocenters. The highest BCUT2D eigenvalue weighted by molar-refractivity contribution is 5.96. The van der Waals surface area contributed by atoms with Crippen LogP contribution in [-0.2, 0) is 6.54 Å². The first kappa shape index (κ1) is 20.3. The molecule has 0 spiro atoms. The molecule has 4 aliphatic rings. The van der Waals surface area contributed by atoms with E-state index in [1.54, 1.807) is 10.9 Å². The van der Waals surface area contributed by atoms with Crippen molar-refractivity contribution in [2.24, 2.45) is 35.3 Å². The number of rotatable bonds is 7. The molecule has 6 nitrogen and oxygen atoms in total. The lowest BCUT2D eigenvalue weighted by Gasteiger charge is -2.30. The number of hydrogen-bond donors (Lipinski definition) is 2. The number of fused-ring (bicyclic) bond motifs is 2. The molecule has 4 aliphatic carbocycles. The second-order valence-corrected chi connectivity index (χ2v) is 10.4. The second-order valence-electron chi connectivity index (χ2n) is 10.4. The van der Waals surface area contributed by atoms with E-state index in [9.17, 15) is 4.79 Å². The van der Waals surface area contributed by atoms with Gasteiger partial charge >= 0.3 is 0 Å². The van der Waals surface area contributed by atoms with Crippen LogP contribution in [0.15, 0.2) is 6.20 Å². The zero-order valence-corrected chi connectivity index (χ0v) is 18.2. The van der Waals surface area contributed by atoms with E-state index in [4.69, 9.17) is 10.5 Å². The standard InChI is InChI=1S/C24H38N4O2/c25-9-10-28-24(30-15-16-5-2-1-3-6-16)21(14-26-28)23(29)27-22-19-12-17-7-4-8-20(22)18(11-17)13-19/h14,16-20,22H,1-13,15,25H2,(H,27,29). The predicted octanol–water partition coefficient (Wildman–Crippen LogP) is 3.75. The first-order chi connectivity index (χ1) is 14.7. The largest absolute Gasteiger partial charge is 0.477 e. The van der Waals surface area contributed by atoms with Gasteiger partial charge in [-0.25, -0.2) is 4.68 Å². The summed E-state index contributed by atoms with van der Waals surface area (Å²) in [6, 6.07) is 0.330. The number of aromatic nitrogens is 2. The van der Waals surface area contributed by atoms with Gasteiger partial charge in [0.25, 0.3) is 5.91 Å². The zero-order chi connectivity index (χ0) is 20.5. The number of amides is 1. The molecule has 1 heterocycles. The normalized spacial score (nSPS) is 33.4. The van der Waals surface area contributed by atoms with Crippen molar-refractivity contribution in [1.82, 2.24) is 15.1 Å². The third-order valence-electron chi connectivity index (χ3n) is 8.46. The molecule has 1 amide bonds. The van der Waals surface area contributed by atoms with Gasteiger partial charge < -0.3 is 15.8 Å². The van der Waals surface area contributed by atoms with Crippen LogP contribution in [0, 0.1) is 29.6 Å². The summed E-state index contributed by atoms with van der Waals surface area (Å²) in [5.41, 5.74) is 6.37. The fourth-order valence-electron chi connectivity index (χ4n) is 7.08. The average molecular weight is 415 g/mol. The van der Waals surface area contributed by atoms with Gasteiger partial charge in [0.1, 0.15) is 5.56 Å². The zero-order valence-electron chi connectivity index (χ0n) is 18.2. The maximum atomic E-state index is 13.4. The quantitative estimate of drug-likeness (QED) is 0.712. The minimum Gasteiger partial charge on any atom is -0.477 e. The maximum absolute atomic E-state index is 13.4. The molecule has 3 bridgehead atoms. The SMILES string of the molecule is NCCn1ncc(C(=O)NC2C3CC4CCCC2C(C4)C3)c1OCC1CCCCC1. The first-order valence-electron chi connectivity index (χ1n) is 12.4. The van der Waals surface area contributed by atoms with Crippen LogP contribution in [0.1, 0.15) is 81.0 Å². The van der Waals surface area contributed by atoms with Crippen LogP contribution in [0.5, 0.6) is 5.88 Å². The third-order valence-corrected chi connectivity index (χ3v) is 8.46. The van der Waals surface area contributed by atoms with Gasteiger partial charge in [-0.2, -0.15) is 5.10 Å². The molecule has 5 rings (SSSR count). The summed E-state index contributed by atoms with van der Waals surface area (Å²) in [6.45, 7) is 1.74. The van der Waals surface area contributed by atoms with Gasteiger partial charge in [-0.15, -0.1) is 0 Å². The van der Waals surface area contributed by atoms with E-state index >= 15 is 0 Å². The molecule has 0 aromatic carbocycles. The Hall–Kier alpha value is -1.56. The number of carbonyl (C=O) groups excluding carboxylic acids is 1. The van der Waals surface area contributed by atoms with E-state index in [0.717, 1.165) is 11.8 Å². The lowest BCUT2D eigenvalue weighted by molar-refractivity contribution is 0.0900. The van der Waals surface area contributed by atoms with Gasteiger partial charge in [0, 0.05) is 12.6 Å². The lowest BCUT2D eigenvalue weighted by atomic mass is 9.79. The number of ether oxygens (including phenoxy) is 1. The van der Waals surface area contributed by atoms with Gasteiger partial charge in [0.05, 0.1) is 19.3 Å². The Labute approximate surface area is 180 Å². The second kappa shape index (κ2) is 8.89. The van der Waals surface area contributed by atoms with Gasteiger partial charge in [-0.05, 0) is 68.1 Å². The summed E-state index contributed by atoms with van der Waals surface area (Å²) in [7, 11) is 0. The average Bonchev–Trinajstić information content (AvgIpc) is 3.21. The van der Waals surface area contributed by atoms with Crippen molar-refractivity contribution in [2.75, 3.05) is 13.2 Å². The van der Waals surface area contributed by atoms with Gasteiger partial charge in [0.15, 0.2) is 0 Å². The van der Waals surface area contributed by atoms with E-state index in [-0.39, 0.29) is 5.91 Å². The Morgan fingerprint density at radius 3 is 2.77 bits per heavy atom. The predicted molar refractivity (Wildman–Crippen MR) is 116 cm³/mol. The molecular weight excluding hydrogens is 376 g/mol. The number of nitrogens with two attached hydrogens (primary N) is 1. The monoisotopic (exact) mass is 414 g/mol. The fourth-order valence-corrected chi connectivity index (χ4v) is 7.08. The number of nitrogens with zero attached hydrogens (tertiary/aromatic N) is 2. The number of carbonyl (C=O) groups is 1. The van der Waals surface area contributed by atoms with Crippen molar-refractivity contribution >= 4 is 5.91 Å². The van der Waals surface area contributed by atoms with Gasteiger partial charge in [0.2, 0.25) is 5.88 Å². The molecule has 3 N–H and O–H groups in total. The Kier molecular flexibility index (Phi) is 6.03. The maximum Gasteiger partial charge on any atom is 0.258 e. The molecule has 6 heteroatoms. The van der Waals surface area contributed by atoms with Crippen molar-refractivity contribution in [3.63, 3.8) is 0 Å². The smallest absolute Gasteiger partial charge is 0.258 e. The fraction of sp³-hybridized carbons (Fsp3) is 0.833. The van der Waals surface area contributed by atoms with Crippen LogP contribution in [-0.4, -0.2) is 34.9 Å². The number of nitrogens with one attached hydrogen (secondary N) is 1. The minimum absolute atomic E-state index is 0.00316. The van der Waals surface area contributed by atoms with Gasteiger partial charge in [-0.1, -0.05) is 32.1 Å². The highest BCUT2D eigenvalue weighted by Crippen LogP contribution is 2.53. The summed E-state index contributed by atoms with van der Waals surface area (Å²) in [5, 5.41) is 7.90. The molecule has 0 radical (unpaired) electrons. The van der Waals surface area contributed by atoms with E-state index in [2.05, 4.69) is 10.4 Å². The summed E-state index contributed by atoms with van der Waals surface area (Å²) >= 11 is 0. The minimum atomic E-state index is -0.00316. The van der Waals surface area contributed by atoms with Crippen LogP contribution >= 0.6 is 0 Å². The van der Waals surface area contributed by atoms with Crippen LogP contribution in [0.3, 0.4) is 0 Å². The molecule has 4 saturated carbocycles. The van der Waals surface area contributed by atoms with Crippen molar-refractivity contribution in [2.45, 2.75) is 83.2 Å². The summed E-state index contributed by atoms with van der Waals surface area (Å²) < 4.78 is 8.02. The molecule has 1 aromatic rings. The van der Waals surface area contributed by atoms with E-state index in [0.29, 0.717) is 54.9 Å². The van der Waals surface area contributed by atoms with Crippen LogP contribution in [0.25, 0.3) is 0 Å². The molecule has 0 aliphatic heterocycles. The van der Waals surface area contributed by atoms with Crippen molar-refractivity contribution in [3.8, 4) is 5.88 Å². The number of hydrogen-bond acceptors (Lipinski definition) is 4. The first-order valence-corrected chi connectivity index (χ1v) is 12.4. The molecule has 0 saturated heterocycles. The van der Waals surface area contributed by atoms with E-state index in [1.807, 2.05) is 0 Å². The molecule has 1 aromatic heterocycles. The Morgan fingerprint density at radius 1 is 1.10 bits per heavy atom. The summed E-state index contributed by atoms with van der Waals surface area (Å²) in [4.78, 5) is 13.4. The van der Waals surface area contributed by atoms with Crippen molar-refractivity contribution in [1.29, 1.82) is 0 Å². The molecular formula is C24H38N4O2. The molecule has 5 atom stereocenters. The molecule has 30 heavy (non-hydrogen) atoms. The Morgan fingerprint density at radius 2 is 1.93 bits per heavy atom. The highest BCUT2D eigenvalue weighted by Gasteiger charge is 2.49. The lowest BCUT2D eigenvalue weighted by Crippen LogP contribution is -2.42. The Bertz CT molecular complexity index is 742. The van der Waals surface area contributed by atoms with E-state index in [1.165, 1.54) is 70.6 Å². The molecule has 166 valence electrons. The van der Waals surface area contributed by atoms with Crippen LogP contribution in [0.2, 0.25) is 0 Å². The topological polar surface area (TPSA) is 82.2 Å². The van der Waals surface area contributed by atoms with Crippen LogP contribution in [0.4, 0.5) is 0 Å². The summed E-state index contributed by atoms with van der Waals surface area (Å²) in [5.74, 6) is 4.24. The summed E-state index contributed by atoms with van der Waals surface area (Å²) in [6.07, 6.45) is 16.0. The third kappa shape index (κ3) is 4.00. The van der Waals surface area contributed by atoms with Crippen molar-refractivity contribution < 1.29 is 9.53 Å². The van der Waals surface area contributed by atoms with Crippen molar-refractivity contribution in [3.05, 3.63) is 11.8 Å². The van der Waals surface area contributed by atoms with Crippen LogP contribution < -0.4 is 15.8 Å². The molecule has 4 fully saturated rings. The van der Waals surface area contributed by atoms with E-state index < -0.39 is 0 Å². The highest BCUT2D eigenvalue weighted by atomic mass is 16.5.